The quantitative estimate of drug-likeness (QED) is 0.743. The summed E-state index contributed by atoms with van der Waals surface area (Å²) in [6, 6.07) is 9.44. The third kappa shape index (κ3) is 6.40. The highest BCUT2D eigenvalue weighted by Gasteiger charge is 2.20. The van der Waals surface area contributed by atoms with Crippen LogP contribution in [0.2, 0.25) is 5.02 Å². The summed E-state index contributed by atoms with van der Waals surface area (Å²) in [6.07, 6.45) is 5.14. The lowest BCUT2D eigenvalue weighted by Gasteiger charge is -2.27. The molecule has 1 aliphatic heterocycles. The lowest BCUT2D eigenvalue weighted by atomic mass is 10.1. The van der Waals surface area contributed by atoms with Crippen molar-refractivity contribution in [3.63, 3.8) is 0 Å². The van der Waals surface area contributed by atoms with Gasteiger partial charge in [0.1, 0.15) is 11.4 Å². The first-order valence-corrected chi connectivity index (χ1v) is 9.01. The number of hydrogen-bond donors (Lipinski definition) is 3. The van der Waals surface area contributed by atoms with Crippen LogP contribution in [0, 0.1) is 0 Å². The number of carbonyl (C=O) groups is 2. The van der Waals surface area contributed by atoms with E-state index in [4.69, 9.17) is 17.3 Å². The van der Waals surface area contributed by atoms with Crippen molar-refractivity contribution in [1.29, 1.82) is 0 Å². The van der Waals surface area contributed by atoms with Gasteiger partial charge in [0.05, 0.1) is 6.20 Å². The van der Waals surface area contributed by atoms with Crippen LogP contribution in [-0.4, -0.2) is 41.6 Å². The highest BCUT2D eigenvalue weighted by molar-refractivity contribution is 6.30. The number of aromatic amines is 1. The Balaban J connectivity index is 0.000000290. The summed E-state index contributed by atoms with van der Waals surface area (Å²) in [5.41, 5.74) is 5.55. The highest BCUT2D eigenvalue weighted by atomic mass is 35.5. The number of carbonyl (C=O) groups excluding carboxylic acids is 2. The second-order valence-corrected chi connectivity index (χ2v) is 6.38. The summed E-state index contributed by atoms with van der Waals surface area (Å²) < 4.78 is 0. The predicted molar refractivity (Wildman–Crippen MR) is 102 cm³/mol. The Kier molecular flexibility index (Phi) is 7.95. The van der Waals surface area contributed by atoms with Crippen molar-refractivity contribution < 1.29 is 9.59 Å². The van der Waals surface area contributed by atoms with Crippen LogP contribution in [0.4, 0.5) is 5.82 Å². The number of hydrogen-bond acceptors (Lipinski definition) is 4. The van der Waals surface area contributed by atoms with Crippen LogP contribution in [0.25, 0.3) is 0 Å². The lowest BCUT2D eigenvalue weighted by Crippen LogP contribution is -2.33. The first-order chi connectivity index (χ1) is 12.6. The normalized spacial score (nSPS) is 13.5. The molecule has 1 aliphatic rings. The van der Waals surface area contributed by atoms with E-state index < -0.39 is 5.91 Å². The number of primary amides is 1. The van der Waals surface area contributed by atoms with Gasteiger partial charge in [-0.2, -0.15) is 5.10 Å². The number of nitrogens with two attached hydrogens (primary N) is 1. The fourth-order valence-corrected chi connectivity index (χ4v) is 2.76. The maximum atomic E-state index is 12.0. The van der Waals surface area contributed by atoms with Crippen LogP contribution in [0.1, 0.15) is 36.0 Å². The monoisotopic (exact) mass is 377 g/mol. The molecule has 2 amide bonds. The summed E-state index contributed by atoms with van der Waals surface area (Å²) >= 11 is 5.54. The number of aromatic nitrogens is 2. The number of H-pyrrole nitrogens is 1. The molecule has 4 N–H and O–H groups in total. The van der Waals surface area contributed by atoms with Crippen LogP contribution in [-0.2, 0) is 4.79 Å². The molecular formula is C18H24ClN5O2. The molecule has 0 unspecified atom stereocenters. The molecule has 1 aromatic carbocycles. The molecule has 0 spiro atoms. The molecule has 0 radical (unpaired) electrons. The van der Waals surface area contributed by atoms with E-state index in [1.807, 2.05) is 30.3 Å². The van der Waals surface area contributed by atoms with E-state index in [2.05, 4.69) is 20.4 Å². The number of rotatable bonds is 5. The summed E-state index contributed by atoms with van der Waals surface area (Å²) in [5, 5.41) is 10.3. The average molecular weight is 378 g/mol. The lowest BCUT2D eigenvalue weighted by molar-refractivity contribution is -0.117. The number of piperidine rings is 1. The standard InChI is InChI=1S/C12H19N5O2.C6H5Cl/c13-10(18)4-5-14-12(19)9-8-15-16-11(9)17-6-2-1-3-7-17;7-6-4-2-1-3-5-6/h8H,1-7H2,(H2,13,18)(H,14,19)(H,15,16);1-5H. The van der Waals surface area contributed by atoms with E-state index in [0.29, 0.717) is 5.56 Å². The molecule has 140 valence electrons. The molecule has 0 bridgehead atoms. The Morgan fingerprint density at radius 1 is 1.19 bits per heavy atom. The van der Waals surface area contributed by atoms with Gasteiger partial charge >= 0.3 is 0 Å². The van der Waals surface area contributed by atoms with Crippen LogP contribution in [0.3, 0.4) is 0 Å². The Labute approximate surface area is 157 Å². The predicted octanol–water partition coefficient (Wildman–Crippen LogP) is 2.35. The van der Waals surface area contributed by atoms with Gasteiger partial charge in [0, 0.05) is 31.1 Å². The van der Waals surface area contributed by atoms with Crippen molar-refractivity contribution in [2.24, 2.45) is 5.73 Å². The smallest absolute Gasteiger partial charge is 0.256 e. The molecule has 1 aromatic heterocycles. The zero-order valence-corrected chi connectivity index (χ0v) is 15.3. The van der Waals surface area contributed by atoms with Crippen LogP contribution < -0.4 is 16.0 Å². The fraction of sp³-hybridized carbons (Fsp3) is 0.389. The SMILES string of the molecule is Clc1ccccc1.NC(=O)CCNC(=O)c1cn[nH]c1N1CCCCC1. The van der Waals surface area contributed by atoms with Gasteiger partial charge in [-0.1, -0.05) is 29.8 Å². The molecule has 1 saturated heterocycles. The molecule has 26 heavy (non-hydrogen) atoms. The Morgan fingerprint density at radius 2 is 1.88 bits per heavy atom. The molecule has 0 atom stereocenters. The maximum Gasteiger partial charge on any atom is 0.256 e. The van der Waals surface area contributed by atoms with Crippen molar-refractivity contribution in [3.05, 3.63) is 47.1 Å². The van der Waals surface area contributed by atoms with Crippen LogP contribution in [0.15, 0.2) is 36.5 Å². The average Bonchev–Trinajstić information content (AvgIpc) is 3.13. The van der Waals surface area contributed by atoms with E-state index in [-0.39, 0.29) is 18.9 Å². The Morgan fingerprint density at radius 3 is 2.46 bits per heavy atom. The minimum absolute atomic E-state index is 0.142. The van der Waals surface area contributed by atoms with Crippen molar-refractivity contribution >= 4 is 29.2 Å². The molecule has 1 fully saturated rings. The minimum atomic E-state index is -0.427. The van der Waals surface area contributed by atoms with Crippen molar-refractivity contribution in [3.8, 4) is 0 Å². The number of nitrogens with one attached hydrogen (secondary N) is 2. The van der Waals surface area contributed by atoms with E-state index >= 15 is 0 Å². The van der Waals surface area contributed by atoms with Gasteiger partial charge in [0.15, 0.2) is 0 Å². The zero-order chi connectivity index (χ0) is 18.8. The maximum absolute atomic E-state index is 12.0. The van der Waals surface area contributed by atoms with Gasteiger partial charge in [-0.15, -0.1) is 0 Å². The summed E-state index contributed by atoms with van der Waals surface area (Å²) in [6.45, 7) is 2.12. The number of amides is 2. The first-order valence-electron chi connectivity index (χ1n) is 8.63. The highest BCUT2D eigenvalue weighted by Crippen LogP contribution is 2.21. The van der Waals surface area contributed by atoms with Crippen molar-refractivity contribution in [2.75, 3.05) is 24.5 Å². The van der Waals surface area contributed by atoms with E-state index in [1.54, 1.807) is 0 Å². The van der Waals surface area contributed by atoms with Gasteiger partial charge in [-0.25, -0.2) is 0 Å². The van der Waals surface area contributed by atoms with Crippen molar-refractivity contribution in [2.45, 2.75) is 25.7 Å². The summed E-state index contributed by atoms with van der Waals surface area (Å²) in [4.78, 5) is 24.8. The summed E-state index contributed by atoms with van der Waals surface area (Å²) in [7, 11) is 0. The number of halogens is 1. The second kappa shape index (κ2) is 10.5. The second-order valence-electron chi connectivity index (χ2n) is 5.95. The number of nitrogens with zero attached hydrogens (tertiary/aromatic N) is 2. The third-order valence-corrected chi connectivity index (χ3v) is 4.18. The van der Waals surface area contributed by atoms with E-state index in [9.17, 15) is 9.59 Å². The van der Waals surface area contributed by atoms with Gasteiger partial charge in [0.2, 0.25) is 5.91 Å². The number of benzene rings is 1. The minimum Gasteiger partial charge on any atom is -0.370 e. The third-order valence-electron chi connectivity index (χ3n) is 3.93. The van der Waals surface area contributed by atoms with Gasteiger partial charge in [0.25, 0.3) is 5.91 Å². The summed E-state index contributed by atoms with van der Waals surface area (Å²) in [5.74, 6) is 0.107. The topological polar surface area (TPSA) is 104 Å². The first kappa shape index (κ1) is 19.8. The van der Waals surface area contributed by atoms with E-state index in [0.717, 1.165) is 36.8 Å². The molecule has 0 saturated carbocycles. The van der Waals surface area contributed by atoms with Crippen LogP contribution >= 0.6 is 11.6 Å². The molecule has 2 aromatic rings. The van der Waals surface area contributed by atoms with Gasteiger partial charge in [-0.3, -0.25) is 14.7 Å². The molecule has 8 heteroatoms. The van der Waals surface area contributed by atoms with Crippen LogP contribution in [0.5, 0.6) is 0 Å². The fourth-order valence-electron chi connectivity index (χ4n) is 2.61. The van der Waals surface area contributed by atoms with Gasteiger partial charge < -0.3 is 16.0 Å². The Bertz CT molecular complexity index is 699. The number of anilines is 1. The molecule has 3 rings (SSSR count). The Hall–Kier alpha value is -2.54. The zero-order valence-electron chi connectivity index (χ0n) is 14.6. The molecule has 0 aliphatic carbocycles. The largest absolute Gasteiger partial charge is 0.370 e. The molecular weight excluding hydrogens is 354 g/mol. The van der Waals surface area contributed by atoms with Crippen molar-refractivity contribution in [1.82, 2.24) is 15.5 Å². The molecule has 7 nitrogen and oxygen atoms in total. The van der Waals surface area contributed by atoms with Gasteiger partial charge in [-0.05, 0) is 31.4 Å². The molecule has 2 heterocycles. The van der Waals surface area contributed by atoms with E-state index in [1.165, 1.54) is 12.6 Å².